The van der Waals surface area contributed by atoms with Crippen molar-refractivity contribution in [1.82, 2.24) is 5.32 Å². The summed E-state index contributed by atoms with van der Waals surface area (Å²) in [4.78, 5) is 11.6. The third-order valence-electron chi connectivity index (χ3n) is 3.78. The van der Waals surface area contributed by atoms with Gasteiger partial charge < -0.3 is 11.1 Å². The van der Waals surface area contributed by atoms with Crippen LogP contribution in [0.5, 0.6) is 0 Å². The number of hydrogen-bond donors (Lipinski definition) is 2. The molecule has 1 atom stereocenters. The largest absolute Gasteiger partial charge is 0.368 e. The van der Waals surface area contributed by atoms with E-state index < -0.39 is 5.54 Å². The van der Waals surface area contributed by atoms with E-state index >= 15 is 0 Å². The molecule has 0 bridgehead atoms. The molecule has 0 heterocycles. The van der Waals surface area contributed by atoms with Crippen molar-refractivity contribution >= 4 is 5.91 Å². The molecule has 98 valence electrons. The van der Waals surface area contributed by atoms with E-state index in [2.05, 4.69) is 17.4 Å². The second-order valence-electron chi connectivity index (χ2n) is 5.51. The Labute approximate surface area is 109 Å². The number of nitrogens with two attached hydrogens (primary N) is 1. The minimum atomic E-state index is -0.585. The summed E-state index contributed by atoms with van der Waals surface area (Å²) in [6.07, 6.45) is 4.18. The Hall–Kier alpha value is -1.35. The zero-order chi connectivity index (χ0) is 13.0. The average Bonchev–Trinajstić information content (AvgIpc) is 3.19. The zero-order valence-electron chi connectivity index (χ0n) is 11.0. The van der Waals surface area contributed by atoms with Crippen LogP contribution in [-0.4, -0.2) is 18.0 Å². The number of amides is 1. The average molecular weight is 246 g/mol. The van der Waals surface area contributed by atoms with Gasteiger partial charge in [-0.25, -0.2) is 0 Å². The van der Waals surface area contributed by atoms with Gasteiger partial charge in [0.05, 0.1) is 5.54 Å². The summed E-state index contributed by atoms with van der Waals surface area (Å²) in [5.41, 5.74) is 6.20. The Kier molecular flexibility index (Phi) is 4.02. The van der Waals surface area contributed by atoms with Crippen LogP contribution in [0.1, 0.15) is 31.7 Å². The zero-order valence-corrected chi connectivity index (χ0v) is 11.0. The van der Waals surface area contributed by atoms with E-state index in [4.69, 9.17) is 5.73 Å². The van der Waals surface area contributed by atoms with Gasteiger partial charge in [-0.1, -0.05) is 30.3 Å². The maximum absolute atomic E-state index is 11.6. The fraction of sp³-hybridized carbons (Fsp3) is 0.533. The first kappa shape index (κ1) is 13.1. The van der Waals surface area contributed by atoms with E-state index in [0.717, 1.165) is 25.3 Å². The molecule has 1 fully saturated rings. The lowest BCUT2D eigenvalue weighted by atomic mass is 9.92. The summed E-state index contributed by atoms with van der Waals surface area (Å²) in [6.45, 7) is 2.83. The van der Waals surface area contributed by atoms with Gasteiger partial charge in [-0.3, -0.25) is 4.79 Å². The Morgan fingerprint density at radius 1 is 1.39 bits per heavy atom. The number of carbonyl (C=O) groups is 1. The van der Waals surface area contributed by atoms with Gasteiger partial charge in [-0.05, 0) is 50.6 Å². The quantitative estimate of drug-likeness (QED) is 0.771. The molecule has 3 heteroatoms. The van der Waals surface area contributed by atoms with E-state index in [-0.39, 0.29) is 5.91 Å². The van der Waals surface area contributed by atoms with Crippen molar-refractivity contribution < 1.29 is 4.79 Å². The van der Waals surface area contributed by atoms with E-state index in [1.54, 1.807) is 0 Å². The second kappa shape index (κ2) is 5.53. The highest BCUT2D eigenvalue weighted by Crippen LogP contribution is 2.28. The first-order valence-electron chi connectivity index (χ1n) is 6.69. The monoisotopic (exact) mass is 246 g/mol. The van der Waals surface area contributed by atoms with Crippen molar-refractivity contribution in [2.75, 3.05) is 6.54 Å². The number of primary amides is 1. The van der Waals surface area contributed by atoms with Gasteiger partial charge in [0.2, 0.25) is 5.91 Å². The Balaban J connectivity index is 1.90. The first-order valence-corrected chi connectivity index (χ1v) is 6.69. The lowest BCUT2D eigenvalue weighted by Crippen LogP contribution is -2.54. The predicted octanol–water partition coefficient (Wildman–Crippen LogP) is 1.86. The van der Waals surface area contributed by atoms with Crippen LogP contribution in [0, 0.1) is 5.92 Å². The van der Waals surface area contributed by atoms with Gasteiger partial charge >= 0.3 is 0 Å². The number of nitrogens with one attached hydrogen (secondary N) is 1. The van der Waals surface area contributed by atoms with Crippen LogP contribution in [0.15, 0.2) is 30.3 Å². The van der Waals surface area contributed by atoms with Crippen molar-refractivity contribution in [3.05, 3.63) is 35.9 Å². The van der Waals surface area contributed by atoms with E-state index in [9.17, 15) is 4.79 Å². The number of hydrogen-bond acceptors (Lipinski definition) is 2. The van der Waals surface area contributed by atoms with Gasteiger partial charge in [-0.2, -0.15) is 0 Å². The minimum absolute atomic E-state index is 0.251. The molecule has 1 aliphatic carbocycles. The van der Waals surface area contributed by atoms with Crippen LogP contribution in [0.25, 0.3) is 0 Å². The van der Waals surface area contributed by atoms with Crippen LogP contribution in [-0.2, 0) is 11.2 Å². The van der Waals surface area contributed by atoms with Crippen molar-refractivity contribution in [1.29, 1.82) is 0 Å². The summed E-state index contributed by atoms with van der Waals surface area (Å²) in [5.74, 6) is 0.500. The van der Waals surface area contributed by atoms with Crippen LogP contribution in [0.4, 0.5) is 0 Å². The molecule has 0 spiro atoms. The minimum Gasteiger partial charge on any atom is -0.368 e. The van der Waals surface area contributed by atoms with E-state index in [0.29, 0.717) is 0 Å². The van der Waals surface area contributed by atoms with Crippen LogP contribution >= 0.6 is 0 Å². The maximum Gasteiger partial charge on any atom is 0.237 e. The number of benzene rings is 1. The topological polar surface area (TPSA) is 55.1 Å². The molecule has 3 N–H and O–H groups in total. The second-order valence-corrected chi connectivity index (χ2v) is 5.51. The third-order valence-corrected chi connectivity index (χ3v) is 3.78. The van der Waals surface area contributed by atoms with Crippen LogP contribution in [0.2, 0.25) is 0 Å². The molecule has 1 aromatic carbocycles. The molecule has 0 aromatic heterocycles. The van der Waals surface area contributed by atoms with E-state index in [1.807, 2.05) is 25.1 Å². The molecule has 18 heavy (non-hydrogen) atoms. The lowest BCUT2D eigenvalue weighted by Gasteiger charge is -2.27. The molecule has 3 nitrogen and oxygen atoms in total. The fourth-order valence-corrected chi connectivity index (χ4v) is 2.03. The summed E-state index contributed by atoms with van der Waals surface area (Å²) in [6, 6.07) is 10.2. The highest BCUT2D eigenvalue weighted by molar-refractivity contribution is 5.84. The van der Waals surface area contributed by atoms with Crippen molar-refractivity contribution in [2.24, 2.45) is 11.7 Å². The molecule has 1 unspecified atom stereocenters. The third kappa shape index (κ3) is 3.57. The molecule has 1 saturated carbocycles. The van der Waals surface area contributed by atoms with Crippen molar-refractivity contribution in [3.8, 4) is 0 Å². The highest BCUT2D eigenvalue weighted by Gasteiger charge is 2.32. The maximum atomic E-state index is 11.6. The lowest BCUT2D eigenvalue weighted by molar-refractivity contribution is -0.124. The normalized spacial score (nSPS) is 18.3. The number of rotatable bonds is 7. The Bertz CT molecular complexity index is 400. The summed E-state index contributed by atoms with van der Waals surface area (Å²) in [7, 11) is 0. The van der Waals surface area contributed by atoms with Crippen molar-refractivity contribution in [2.45, 2.75) is 38.1 Å². The summed E-state index contributed by atoms with van der Waals surface area (Å²) < 4.78 is 0. The van der Waals surface area contributed by atoms with Crippen molar-refractivity contribution in [3.63, 3.8) is 0 Å². The molecule has 2 rings (SSSR count). The molecule has 1 aliphatic rings. The first-order chi connectivity index (χ1) is 8.60. The fourth-order valence-electron chi connectivity index (χ4n) is 2.03. The van der Waals surface area contributed by atoms with Gasteiger partial charge in [0.25, 0.3) is 0 Å². The van der Waals surface area contributed by atoms with Crippen LogP contribution < -0.4 is 11.1 Å². The van der Waals surface area contributed by atoms with Gasteiger partial charge in [0.15, 0.2) is 0 Å². The Morgan fingerprint density at radius 2 is 2.06 bits per heavy atom. The molecule has 0 saturated heterocycles. The summed E-state index contributed by atoms with van der Waals surface area (Å²) in [5, 5.41) is 3.35. The van der Waals surface area contributed by atoms with E-state index in [1.165, 1.54) is 18.4 Å². The highest BCUT2D eigenvalue weighted by atomic mass is 16.1. The number of carbonyl (C=O) groups excluding carboxylic acids is 1. The molecule has 0 radical (unpaired) electrons. The molecule has 0 aliphatic heterocycles. The standard InChI is InChI=1S/C15H22N2O/c1-15(14(16)18,17-11-13-7-8-13)10-9-12-5-3-2-4-6-12/h2-6,13,17H,7-11H2,1H3,(H2,16,18). The number of aryl methyl sites for hydroxylation is 1. The Morgan fingerprint density at radius 3 is 2.61 bits per heavy atom. The molecule has 1 aromatic rings. The van der Waals surface area contributed by atoms with Gasteiger partial charge in [-0.15, -0.1) is 0 Å². The predicted molar refractivity (Wildman–Crippen MR) is 73.1 cm³/mol. The van der Waals surface area contributed by atoms with Gasteiger partial charge in [0, 0.05) is 0 Å². The molecular formula is C15H22N2O. The summed E-state index contributed by atoms with van der Waals surface area (Å²) >= 11 is 0. The smallest absolute Gasteiger partial charge is 0.237 e. The SMILES string of the molecule is CC(CCc1ccccc1)(NCC1CC1)C(N)=O. The van der Waals surface area contributed by atoms with Crippen LogP contribution in [0.3, 0.4) is 0 Å². The van der Waals surface area contributed by atoms with Gasteiger partial charge in [0.1, 0.15) is 0 Å². The molecular weight excluding hydrogens is 224 g/mol. The molecule has 1 amide bonds.